The van der Waals surface area contributed by atoms with Gasteiger partial charge < -0.3 is 5.11 Å². The van der Waals surface area contributed by atoms with Crippen LogP contribution < -0.4 is 0 Å². The lowest BCUT2D eigenvalue weighted by atomic mass is 9.98. The second-order valence-corrected chi connectivity index (χ2v) is 4.49. The highest BCUT2D eigenvalue weighted by Gasteiger charge is 2.27. The molecule has 1 atom stereocenters. The van der Waals surface area contributed by atoms with Gasteiger partial charge in [0.25, 0.3) is 0 Å². The van der Waals surface area contributed by atoms with Gasteiger partial charge in [0.05, 0.1) is 6.61 Å². The molecule has 1 unspecified atom stereocenters. The van der Waals surface area contributed by atoms with Crippen LogP contribution in [0.25, 0.3) is 11.1 Å². The van der Waals surface area contributed by atoms with Gasteiger partial charge in [-0.3, -0.25) is 0 Å². The fourth-order valence-corrected chi connectivity index (χ4v) is 2.66. The van der Waals surface area contributed by atoms with Gasteiger partial charge in [0.15, 0.2) is 0 Å². The van der Waals surface area contributed by atoms with Crippen molar-refractivity contribution in [3.05, 3.63) is 58.6 Å². The minimum absolute atomic E-state index is 0.0740. The molecule has 16 heavy (non-hydrogen) atoms. The second-order valence-electron chi connectivity index (χ2n) is 4.05. The van der Waals surface area contributed by atoms with E-state index in [4.69, 9.17) is 11.6 Å². The van der Waals surface area contributed by atoms with Gasteiger partial charge >= 0.3 is 0 Å². The number of rotatable bonds is 1. The summed E-state index contributed by atoms with van der Waals surface area (Å²) in [5, 5.41) is 10.2. The summed E-state index contributed by atoms with van der Waals surface area (Å²) in [4.78, 5) is 0. The normalized spacial score (nSPS) is 17.0. The molecule has 2 aromatic carbocycles. The van der Waals surface area contributed by atoms with Gasteiger partial charge in [0, 0.05) is 10.9 Å². The molecule has 2 aromatic rings. The van der Waals surface area contributed by atoms with E-state index in [2.05, 4.69) is 12.1 Å². The quantitative estimate of drug-likeness (QED) is 0.796. The minimum Gasteiger partial charge on any atom is -0.395 e. The highest BCUT2D eigenvalue weighted by atomic mass is 35.5. The lowest BCUT2D eigenvalue weighted by Gasteiger charge is -2.09. The van der Waals surface area contributed by atoms with Crippen molar-refractivity contribution in [2.24, 2.45) is 0 Å². The first kappa shape index (κ1) is 9.88. The first-order valence-electron chi connectivity index (χ1n) is 5.31. The Morgan fingerprint density at radius 1 is 1.00 bits per heavy atom. The van der Waals surface area contributed by atoms with Crippen molar-refractivity contribution in [2.45, 2.75) is 5.92 Å². The molecule has 0 heterocycles. The highest BCUT2D eigenvalue weighted by molar-refractivity contribution is 6.30. The molecule has 0 bridgehead atoms. The summed E-state index contributed by atoms with van der Waals surface area (Å²) in [5.74, 6) is 0.0740. The molecule has 1 nitrogen and oxygen atoms in total. The summed E-state index contributed by atoms with van der Waals surface area (Å²) in [7, 11) is 0. The summed E-state index contributed by atoms with van der Waals surface area (Å²) in [6, 6.07) is 14.1. The maximum absolute atomic E-state index is 9.51. The number of fused-ring (bicyclic) bond motifs is 3. The Hall–Kier alpha value is -1.31. The monoisotopic (exact) mass is 230 g/mol. The number of benzene rings is 2. The minimum atomic E-state index is 0.0740. The Bertz CT molecular complexity index is 548. The lowest BCUT2D eigenvalue weighted by molar-refractivity contribution is 0.282. The van der Waals surface area contributed by atoms with E-state index in [0.29, 0.717) is 0 Å². The summed E-state index contributed by atoms with van der Waals surface area (Å²) in [5.41, 5.74) is 4.74. The van der Waals surface area contributed by atoms with Crippen molar-refractivity contribution < 1.29 is 5.11 Å². The fraction of sp³-hybridized carbons (Fsp3) is 0.143. The van der Waals surface area contributed by atoms with E-state index < -0.39 is 0 Å². The van der Waals surface area contributed by atoms with Gasteiger partial charge in [0.1, 0.15) is 0 Å². The first-order valence-corrected chi connectivity index (χ1v) is 5.68. The van der Waals surface area contributed by atoms with Crippen molar-refractivity contribution >= 4 is 11.6 Å². The van der Waals surface area contributed by atoms with E-state index in [9.17, 15) is 5.11 Å². The fourth-order valence-electron chi connectivity index (χ4n) is 2.48. The molecule has 0 spiro atoms. The number of aliphatic hydroxyl groups is 1. The molecule has 0 amide bonds. The van der Waals surface area contributed by atoms with Gasteiger partial charge in [-0.05, 0) is 34.4 Å². The Labute approximate surface area is 99.3 Å². The molecule has 2 heteroatoms. The van der Waals surface area contributed by atoms with Crippen LogP contribution in [-0.2, 0) is 0 Å². The number of halogens is 1. The van der Waals surface area contributed by atoms with Crippen molar-refractivity contribution in [3.8, 4) is 11.1 Å². The zero-order chi connectivity index (χ0) is 11.1. The number of hydrogen-bond donors (Lipinski definition) is 1. The number of aliphatic hydroxyl groups excluding tert-OH is 1. The molecular weight excluding hydrogens is 220 g/mol. The SMILES string of the molecule is OCC1c2ccccc2-c2ccc(Cl)cc21. The molecule has 0 fully saturated rings. The van der Waals surface area contributed by atoms with Crippen LogP contribution in [-0.4, -0.2) is 11.7 Å². The molecule has 0 saturated carbocycles. The molecule has 0 radical (unpaired) electrons. The molecular formula is C14H11ClO. The van der Waals surface area contributed by atoms with Crippen molar-refractivity contribution in [1.82, 2.24) is 0 Å². The summed E-state index contributed by atoms with van der Waals surface area (Å²) in [6.45, 7) is 0.129. The predicted molar refractivity (Wildman–Crippen MR) is 65.8 cm³/mol. The summed E-state index contributed by atoms with van der Waals surface area (Å²) in [6.07, 6.45) is 0. The Kier molecular flexibility index (Phi) is 2.23. The molecule has 0 saturated heterocycles. The largest absolute Gasteiger partial charge is 0.395 e. The smallest absolute Gasteiger partial charge is 0.0540 e. The zero-order valence-corrected chi connectivity index (χ0v) is 9.41. The second kappa shape index (κ2) is 3.62. The third-order valence-corrected chi connectivity index (χ3v) is 3.43. The van der Waals surface area contributed by atoms with Crippen LogP contribution in [0.1, 0.15) is 17.0 Å². The van der Waals surface area contributed by atoms with Crippen molar-refractivity contribution in [1.29, 1.82) is 0 Å². The van der Waals surface area contributed by atoms with Gasteiger partial charge in [-0.25, -0.2) is 0 Å². The van der Waals surface area contributed by atoms with Crippen LogP contribution in [0.2, 0.25) is 5.02 Å². The molecule has 1 aliphatic rings. The molecule has 3 rings (SSSR count). The van der Waals surface area contributed by atoms with Gasteiger partial charge in [-0.2, -0.15) is 0 Å². The van der Waals surface area contributed by atoms with Crippen LogP contribution in [0.3, 0.4) is 0 Å². The van der Waals surface area contributed by atoms with Crippen molar-refractivity contribution in [3.63, 3.8) is 0 Å². The zero-order valence-electron chi connectivity index (χ0n) is 8.65. The summed E-state index contributed by atoms with van der Waals surface area (Å²) >= 11 is 6.01. The van der Waals surface area contributed by atoms with Crippen LogP contribution in [0.5, 0.6) is 0 Å². The van der Waals surface area contributed by atoms with Gasteiger partial charge in [-0.15, -0.1) is 0 Å². The van der Waals surface area contributed by atoms with E-state index in [0.717, 1.165) is 10.6 Å². The van der Waals surface area contributed by atoms with Crippen LogP contribution in [0, 0.1) is 0 Å². The first-order chi connectivity index (χ1) is 7.81. The molecule has 80 valence electrons. The molecule has 1 aliphatic carbocycles. The van der Waals surface area contributed by atoms with Crippen LogP contribution >= 0.6 is 11.6 Å². The van der Waals surface area contributed by atoms with E-state index >= 15 is 0 Å². The topological polar surface area (TPSA) is 20.2 Å². The molecule has 0 aliphatic heterocycles. The third kappa shape index (κ3) is 1.29. The van der Waals surface area contributed by atoms with E-state index in [1.807, 2.05) is 30.3 Å². The van der Waals surface area contributed by atoms with Gasteiger partial charge in [-0.1, -0.05) is 41.9 Å². The van der Waals surface area contributed by atoms with E-state index in [1.165, 1.54) is 16.7 Å². The lowest BCUT2D eigenvalue weighted by Crippen LogP contribution is -2.01. The highest BCUT2D eigenvalue weighted by Crippen LogP contribution is 2.45. The third-order valence-electron chi connectivity index (χ3n) is 3.20. The van der Waals surface area contributed by atoms with E-state index in [-0.39, 0.29) is 12.5 Å². The van der Waals surface area contributed by atoms with Crippen LogP contribution in [0.15, 0.2) is 42.5 Å². The van der Waals surface area contributed by atoms with Crippen molar-refractivity contribution in [2.75, 3.05) is 6.61 Å². The van der Waals surface area contributed by atoms with Crippen LogP contribution in [0.4, 0.5) is 0 Å². The molecule has 1 N–H and O–H groups in total. The van der Waals surface area contributed by atoms with E-state index in [1.54, 1.807) is 0 Å². The average molecular weight is 231 g/mol. The average Bonchev–Trinajstić information content (AvgIpc) is 2.61. The number of hydrogen-bond acceptors (Lipinski definition) is 1. The summed E-state index contributed by atoms with van der Waals surface area (Å²) < 4.78 is 0. The Balaban J connectivity index is 2.29. The standard InChI is InChI=1S/C14H11ClO/c15-9-5-6-12-10-3-1-2-4-11(10)14(8-16)13(12)7-9/h1-7,14,16H,8H2. The predicted octanol–water partition coefficient (Wildman–Crippen LogP) is 3.44. The Morgan fingerprint density at radius 3 is 2.56 bits per heavy atom. The Morgan fingerprint density at radius 2 is 1.75 bits per heavy atom. The van der Waals surface area contributed by atoms with Gasteiger partial charge in [0.2, 0.25) is 0 Å². The molecule has 0 aromatic heterocycles. The maximum Gasteiger partial charge on any atom is 0.0540 e. The maximum atomic E-state index is 9.51.